The summed E-state index contributed by atoms with van der Waals surface area (Å²) >= 11 is 11.9. The Morgan fingerprint density at radius 1 is 1.00 bits per heavy atom. The lowest BCUT2D eigenvalue weighted by molar-refractivity contribution is -0.140. The third-order valence-corrected chi connectivity index (χ3v) is 6.95. The Morgan fingerprint density at radius 3 is 2.09 bits per heavy atom. The maximum Gasteiger partial charge on any atom is 0.242 e. The molecule has 0 aliphatic rings. The number of rotatable bonds is 12. The molecule has 0 spiro atoms. The highest BCUT2D eigenvalue weighted by molar-refractivity contribution is 7.92. The van der Waals surface area contributed by atoms with Crippen LogP contribution in [0, 0.1) is 0 Å². The molecule has 0 unspecified atom stereocenters. The average Bonchev–Trinajstić information content (AvgIpc) is 2.79. The number of hydrogen-bond donors (Lipinski definition) is 1. The van der Waals surface area contributed by atoms with Gasteiger partial charge >= 0.3 is 0 Å². The first-order chi connectivity index (χ1) is 16.0. The van der Waals surface area contributed by atoms with Gasteiger partial charge < -0.3 is 10.2 Å². The Balaban J connectivity index is 2.13. The highest BCUT2D eigenvalue weighted by Gasteiger charge is 2.26. The van der Waals surface area contributed by atoms with E-state index >= 15 is 0 Å². The van der Waals surface area contributed by atoms with Crippen LogP contribution in [0.2, 0.25) is 10.0 Å². The molecule has 0 bridgehead atoms. The van der Waals surface area contributed by atoms with Crippen molar-refractivity contribution < 1.29 is 18.0 Å². The number of carbonyl (C=O) groups excluding carboxylic acids is 2. The minimum absolute atomic E-state index is 0.0819. The molecule has 0 fully saturated rings. The van der Waals surface area contributed by atoms with Crippen molar-refractivity contribution in [2.75, 3.05) is 23.7 Å². The van der Waals surface area contributed by atoms with Crippen LogP contribution in [0.4, 0.5) is 5.69 Å². The molecule has 0 saturated heterocycles. The van der Waals surface area contributed by atoms with E-state index in [4.69, 9.17) is 23.2 Å². The molecule has 1 N–H and O–H groups in total. The van der Waals surface area contributed by atoms with Gasteiger partial charge in [-0.25, -0.2) is 8.42 Å². The average molecular weight is 529 g/mol. The maximum atomic E-state index is 13.2. The van der Waals surface area contributed by atoms with Gasteiger partial charge in [0.1, 0.15) is 6.04 Å². The molecule has 1 atom stereocenters. The molecular weight excluding hydrogens is 497 g/mol. The smallest absolute Gasteiger partial charge is 0.242 e. The van der Waals surface area contributed by atoms with Crippen molar-refractivity contribution in [3.63, 3.8) is 0 Å². The van der Waals surface area contributed by atoms with Gasteiger partial charge in [-0.1, -0.05) is 42.3 Å². The molecule has 10 heteroatoms. The Labute approximate surface area is 212 Å². The lowest BCUT2D eigenvalue weighted by atomic mass is 10.1. The van der Waals surface area contributed by atoms with E-state index in [2.05, 4.69) is 5.32 Å². The van der Waals surface area contributed by atoms with Crippen molar-refractivity contribution in [2.24, 2.45) is 0 Å². The highest BCUT2D eigenvalue weighted by atomic mass is 35.5. The predicted octanol–water partition coefficient (Wildman–Crippen LogP) is 4.48. The molecule has 0 heterocycles. The van der Waals surface area contributed by atoms with Crippen molar-refractivity contribution in [3.8, 4) is 0 Å². The fourth-order valence-corrected chi connectivity index (χ4v) is 4.59. The van der Waals surface area contributed by atoms with Crippen LogP contribution in [0.1, 0.15) is 38.7 Å². The zero-order valence-electron chi connectivity index (χ0n) is 19.6. The number of halogens is 2. The number of benzene rings is 2. The van der Waals surface area contributed by atoms with Gasteiger partial charge in [0.15, 0.2) is 0 Å². The maximum absolute atomic E-state index is 13.2. The number of carbonyl (C=O) groups is 2. The van der Waals surface area contributed by atoms with Crippen LogP contribution in [0.5, 0.6) is 0 Å². The van der Waals surface area contributed by atoms with Gasteiger partial charge in [0.05, 0.1) is 11.9 Å². The summed E-state index contributed by atoms with van der Waals surface area (Å²) < 4.78 is 25.9. The van der Waals surface area contributed by atoms with Crippen LogP contribution in [0.25, 0.3) is 0 Å². The van der Waals surface area contributed by atoms with Gasteiger partial charge in [-0.15, -0.1) is 0 Å². The first-order valence-corrected chi connectivity index (χ1v) is 13.7. The molecule has 0 aliphatic carbocycles. The van der Waals surface area contributed by atoms with E-state index in [-0.39, 0.29) is 37.7 Å². The molecule has 7 nitrogen and oxygen atoms in total. The number of hydrogen-bond acceptors (Lipinski definition) is 4. The van der Waals surface area contributed by atoms with E-state index in [9.17, 15) is 18.0 Å². The standard InChI is InChI=1S/C24H31Cl2N3O4S/c1-4-15-27-24(31)18(2)28(17-19-7-9-20(25)10-8-19)23(30)6-5-16-29(34(3,32)33)22-13-11-21(26)12-14-22/h7-14,18H,4-6,15-17H2,1-3H3,(H,27,31)/t18-/m1/s1. The van der Waals surface area contributed by atoms with Crippen molar-refractivity contribution in [3.05, 3.63) is 64.1 Å². The van der Waals surface area contributed by atoms with E-state index in [1.807, 2.05) is 19.1 Å². The summed E-state index contributed by atoms with van der Waals surface area (Å²) in [6, 6.07) is 12.9. The Morgan fingerprint density at radius 2 is 1.56 bits per heavy atom. The fourth-order valence-electron chi connectivity index (χ4n) is 3.38. The minimum Gasteiger partial charge on any atom is -0.354 e. The molecule has 0 aliphatic heterocycles. The molecule has 34 heavy (non-hydrogen) atoms. The number of amides is 2. The van der Waals surface area contributed by atoms with Crippen molar-refractivity contribution >= 4 is 50.7 Å². The minimum atomic E-state index is -3.55. The van der Waals surface area contributed by atoms with E-state index in [1.165, 1.54) is 9.21 Å². The number of sulfonamides is 1. The summed E-state index contributed by atoms with van der Waals surface area (Å²) in [6.45, 7) is 4.53. The molecule has 2 aromatic carbocycles. The molecule has 2 rings (SSSR count). The third-order valence-electron chi connectivity index (χ3n) is 5.25. The van der Waals surface area contributed by atoms with E-state index in [1.54, 1.807) is 43.3 Å². The third kappa shape index (κ3) is 8.49. The van der Waals surface area contributed by atoms with Gasteiger partial charge in [-0.3, -0.25) is 13.9 Å². The summed E-state index contributed by atoms with van der Waals surface area (Å²) in [5.41, 5.74) is 1.32. The first kappa shape index (κ1) is 28.0. The normalized spacial score (nSPS) is 12.1. The second-order valence-corrected chi connectivity index (χ2v) is 10.8. The van der Waals surface area contributed by atoms with Crippen LogP contribution >= 0.6 is 23.2 Å². The second-order valence-electron chi connectivity index (χ2n) is 8.03. The van der Waals surface area contributed by atoms with E-state index in [0.29, 0.717) is 22.3 Å². The molecule has 186 valence electrons. The monoisotopic (exact) mass is 527 g/mol. The Bertz CT molecular complexity index is 1060. The van der Waals surface area contributed by atoms with Gasteiger partial charge in [-0.05, 0) is 61.7 Å². The van der Waals surface area contributed by atoms with E-state index < -0.39 is 16.1 Å². The second kappa shape index (κ2) is 13.0. The zero-order valence-corrected chi connectivity index (χ0v) is 22.0. The molecule has 0 saturated carbocycles. The number of nitrogens with zero attached hydrogens (tertiary/aromatic N) is 2. The van der Waals surface area contributed by atoms with Gasteiger partial charge in [-0.2, -0.15) is 0 Å². The van der Waals surface area contributed by atoms with Crippen LogP contribution in [0.3, 0.4) is 0 Å². The van der Waals surface area contributed by atoms with Crippen LogP contribution in [-0.4, -0.2) is 50.5 Å². The summed E-state index contributed by atoms with van der Waals surface area (Å²) in [4.78, 5) is 27.3. The molecular formula is C24H31Cl2N3O4S. The van der Waals surface area contributed by atoms with Crippen molar-refractivity contribution in [1.82, 2.24) is 10.2 Å². The van der Waals surface area contributed by atoms with Gasteiger partial charge in [0, 0.05) is 36.1 Å². The first-order valence-electron chi connectivity index (χ1n) is 11.1. The fraction of sp³-hybridized carbons (Fsp3) is 0.417. The summed E-state index contributed by atoms with van der Waals surface area (Å²) in [7, 11) is -3.55. The van der Waals surface area contributed by atoms with Crippen molar-refractivity contribution in [2.45, 2.75) is 45.7 Å². The molecule has 2 aromatic rings. The number of anilines is 1. The zero-order chi connectivity index (χ0) is 25.3. The van der Waals surface area contributed by atoms with Gasteiger partial charge in [0.25, 0.3) is 0 Å². The quantitative estimate of drug-likeness (QED) is 0.440. The molecule has 0 radical (unpaired) electrons. The van der Waals surface area contributed by atoms with Crippen LogP contribution in [0.15, 0.2) is 48.5 Å². The van der Waals surface area contributed by atoms with Crippen molar-refractivity contribution in [1.29, 1.82) is 0 Å². The summed E-state index contributed by atoms with van der Waals surface area (Å²) in [5, 5.41) is 3.91. The lowest BCUT2D eigenvalue weighted by Gasteiger charge is -2.29. The van der Waals surface area contributed by atoms with E-state index in [0.717, 1.165) is 18.2 Å². The highest BCUT2D eigenvalue weighted by Crippen LogP contribution is 2.21. The summed E-state index contributed by atoms with van der Waals surface area (Å²) in [5.74, 6) is -0.471. The Hall–Kier alpha value is -2.29. The number of nitrogens with one attached hydrogen (secondary N) is 1. The lowest BCUT2D eigenvalue weighted by Crippen LogP contribution is -2.47. The topological polar surface area (TPSA) is 86.8 Å². The van der Waals surface area contributed by atoms with Crippen LogP contribution < -0.4 is 9.62 Å². The largest absolute Gasteiger partial charge is 0.354 e. The Kier molecular flexibility index (Phi) is 10.7. The predicted molar refractivity (Wildman–Crippen MR) is 138 cm³/mol. The summed E-state index contributed by atoms with van der Waals surface area (Å²) in [6.07, 6.45) is 2.28. The van der Waals surface area contributed by atoms with Crippen LogP contribution in [-0.2, 0) is 26.2 Å². The van der Waals surface area contributed by atoms with Gasteiger partial charge in [0.2, 0.25) is 21.8 Å². The molecule has 0 aromatic heterocycles. The SMILES string of the molecule is CCCNC(=O)[C@@H](C)N(Cc1ccc(Cl)cc1)C(=O)CCCN(c1ccc(Cl)cc1)S(C)(=O)=O. The molecule has 2 amide bonds.